The fourth-order valence-corrected chi connectivity index (χ4v) is 5.45. The van der Waals surface area contributed by atoms with Crippen molar-refractivity contribution in [1.29, 1.82) is 0 Å². The fraction of sp³-hybridized carbons (Fsp3) is 0.359. The second kappa shape index (κ2) is 11.1. The first-order chi connectivity index (χ1) is 19.4. The minimum atomic E-state index is -0.446. The number of rotatable bonds is 6. The average molecular weight is 562 g/mol. The summed E-state index contributed by atoms with van der Waals surface area (Å²) in [5, 5.41) is 23.3. The van der Waals surface area contributed by atoms with Gasteiger partial charge in [0.05, 0.1) is 0 Å². The van der Waals surface area contributed by atoms with E-state index in [4.69, 9.17) is 4.99 Å². The zero-order valence-corrected chi connectivity index (χ0v) is 27.0. The number of phenols is 2. The topological polar surface area (TPSA) is 52.8 Å². The van der Waals surface area contributed by atoms with E-state index in [-0.39, 0.29) is 22.3 Å². The molecule has 4 aromatic carbocycles. The molecule has 0 saturated carbocycles. The Hall–Kier alpha value is -3.85. The molecule has 0 fully saturated rings. The van der Waals surface area contributed by atoms with Crippen molar-refractivity contribution < 1.29 is 10.2 Å². The molecule has 0 heterocycles. The van der Waals surface area contributed by atoms with Crippen LogP contribution in [0.1, 0.15) is 108 Å². The van der Waals surface area contributed by atoms with Crippen molar-refractivity contribution in [3.05, 3.63) is 124 Å². The summed E-state index contributed by atoms with van der Waals surface area (Å²) in [5.41, 5.74) is 6.06. The Labute approximate surface area is 253 Å². The van der Waals surface area contributed by atoms with Crippen LogP contribution < -0.4 is 0 Å². The highest BCUT2D eigenvalue weighted by Gasteiger charge is 2.31. The van der Waals surface area contributed by atoms with Crippen LogP contribution in [0.2, 0.25) is 0 Å². The highest BCUT2D eigenvalue weighted by Crippen LogP contribution is 2.45. The van der Waals surface area contributed by atoms with Crippen molar-refractivity contribution in [2.75, 3.05) is 0 Å². The van der Waals surface area contributed by atoms with E-state index in [0.29, 0.717) is 11.3 Å². The standard InChI is InChI=1S/C39H47NO2/c1-36(2,3)29-21-26(34(41)31(22-29)38(7,8)27-17-13-11-14-18-27)25-40-33-24-30(37(4,5)6)23-32(35(33)42)39(9,10)28-19-15-12-16-20-28/h11-25,41-42H,1-10H3. The van der Waals surface area contributed by atoms with Gasteiger partial charge in [-0.1, -0.05) is 142 Å². The Morgan fingerprint density at radius 2 is 0.905 bits per heavy atom. The molecule has 0 amide bonds. The Morgan fingerprint density at radius 1 is 0.500 bits per heavy atom. The van der Waals surface area contributed by atoms with Crippen LogP contribution in [0.4, 0.5) is 5.69 Å². The third-order valence-electron chi connectivity index (χ3n) is 8.64. The van der Waals surface area contributed by atoms with Crippen LogP contribution in [0.25, 0.3) is 0 Å². The van der Waals surface area contributed by atoms with Crippen LogP contribution in [-0.4, -0.2) is 16.4 Å². The van der Waals surface area contributed by atoms with Gasteiger partial charge in [-0.2, -0.15) is 0 Å². The second-order valence-corrected chi connectivity index (χ2v) is 14.6. The van der Waals surface area contributed by atoms with Gasteiger partial charge in [0.1, 0.15) is 17.2 Å². The van der Waals surface area contributed by atoms with Crippen molar-refractivity contribution in [2.45, 2.75) is 90.9 Å². The molecule has 3 nitrogen and oxygen atoms in total. The number of aromatic hydroxyl groups is 2. The molecule has 4 rings (SSSR count). The van der Waals surface area contributed by atoms with Crippen LogP contribution in [0.15, 0.2) is 89.9 Å². The van der Waals surface area contributed by atoms with E-state index in [1.165, 1.54) is 0 Å². The van der Waals surface area contributed by atoms with Crippen LogP contribution in [0.3, 0.4) is 0 Å². The van der Waals surface area contributed by atoms with E-state index in [9.17, 15) is 10.2 Å². The number of hydrogen-bond acceptors (Lipinski definition) is 3. The zero-order valence-electron chi connectivity index (χ0n) is 27.0. The molecule has 0 spiro atoms. The molecule has 0 aliphatic rings. The van der Waals surface area contributed by atoms with E-state index in [1.807, 2.05) is 48.5 Å². The predicted molar refractivity (Wildman–Crippen MR) is 178 cm³/mol. The van der Waals surface area contributed by atoms with Gasteiger partial charge in [0.2, 0.25) is 0 Å². The summed E-state index contributed by atoms with van der Waals surface area (Å²) >= 11 is 0. The molecule has 220 valence electrons. The normalized spacial score (nSPS) is 13.1. The van der Waals surface area contributed by atoms with Crippen molar-refractivity contribution in [3.8, 4) is 11.5 Å². The molecule has 4 aromatic rings. The summed E-state index contributed by atoms with van der Waals surface area (Å²) in [7, 11) is 0. The number of hydrogen-bond donors (Lipinski definition) is 2. The summed E-state index contributed by atoms with van der Waals surface area (Å²) in [5.74, 6) is 0.362. The van der Waals surface area contributed by atoms with Crippen LogP contribution in [0.5, 0.6) is 11.5 Å². The molecular weight excluding hydrogens is 514 g/mol. The first-order valence-corrected chi connectivity index (χ1v) is 14.8. The van der Waals surface area contributed by atoms with Gasteiger partial charge in [-0.15, -0.1) is 0 Å². The molecule has 0 atom stereocenters. The molecule has 0 aliphatic heterocycles. The average Bonchev–Trinajstić information content (AvgIpc) is 2.92. The summed E-state index contributed by atoms with van der Waals surface area (Å²) in [4.78, 5) is 4.86. The second-order valence-electron chi connectivity index (χ2n) is 14.6. The number of aliphatic imine (C=N–C) groups is 1. The van der Waals surface area contributed by atoms with Crippen molar-refractivity contribution >= 4 is 11.9 Å². The predicted octanol–water partition coefficient (Wildman–Crippen LogP) is 10.1. The van der Waals surface area contributed by atoms with Gasteiger partial charge >= 0.3 is 0 Å². The number of phenolic OH excluding ortho intramolecular Hbond substituents is 2. The first-order valence-electron chi connectivity index (χ1n) is 14.8. The maximum atomic E-state index is 11.7. The first kappa shape index (κ1) is 31.1. The van der Waals surface area contributed by atoms with Crippen LogP contribution >= 0.6 is 0 Å². The molecule has 0 aromatic heterocycles. The third-order valence-corrected chi connectivity index (χ3v) is 8.64. The Balaban J connectivity index is 1.91. The minimum Gasteiger partial charge on any atom is -0.507 e. The van der Waals surface area contributed by atoms with Crippen molar-refractivity contribution in [3.63, 3.8) is 0 Å². The largest absolute Gasteiger partial charge is 0.507 e. The number of benzene rings is 4. The van der Waals surface area contributed by atoms with Gasteiger partial charge in [-0.25, -0.2) is 0 Å². The molecule has 0 aliphatic carbocycles. The zero-order chi connectivity index (χ0) is 31.1. The summed E-state index contributed by atoms with van der Waals surface area (Å²) in [6.07, 6.45) is 1.70. The van der Waals surface area contributed by atoms with Gasteiger partial charge in [0.25, 0.3) is 0 Å². The molecule has 0 radical (unpaired) electrons. The van der Waals surface area contributed by atoms with Gasteiger partial charge in [-0.3, -0.25) is 4.99 Å². The van der Waals surface area contributed by atoms with Gasteiger partial charge in [0, 0.05) is 33.7 Å². The highest BCUT2D eigenvalue weighted by molar-refractivity contribution is 5.88. The molecular formula is C39H47NO2. The molecule has 42 heavy (non-hydrogen) atoms. The summed E-state index contributed by atoms with van der Waals surface area (Å²) < 4.78 is 0. The SMILES string of the molecule is CC(C)(C)c1cc(C=Nc2cc(C(C)(C)C)cc(C(C)(C)c3ccccc3)c2O)c(O)c(C(C)(C)c2ccccc2)c1. The third kappa shape index (κ3) is 6.16. The van der Waals surface area contributed by atoms with E-state index < -0.39 is 10.8 Å². The quantitative estimate of drug-likeness (QED) is 0.230. The lowest BCUT2D eigenvalue weighted by molar-refractivity contribution is 0.449. The lowest BCUT2D eigenvalue weighted by Crippen LogP contribution is -2.22. The lowest BCUT2D eigenvalue weighted by Gasteiger charge is -2.30. The smallest absolute Gasteiger partial charge is 0.145 e. The van der Waals surface area contributed by atoms with Crippen LogP contribution in [-0.2, 0) is 21.7 Å². The lowest BCUT2D eigenvalue weighted by atomic mass is 9.74. The molecule has 0 bridgehead atoms. The van der Waals surface area contributed by atoms with E-state index in [0.717, 1.165) is 33.4 Å². The van der Waals surface area contributed by atoms with E-state index in [2.05, 4.69) is 106 Å². The maximum absolute atomic E-state index is 11.7. The number of nitrogens with zero attached hydrogens (tertiary/aromatic N) is 1. The van der Waals surface area contributed by atoms with Crippen molar-refractivity contribution in [2.24, 2.45) is 4.99 Å². The van der Waals surface area contributed by atoms with Gasteiger partial charge < -0.3 is 10.2 Å². The monoisotopic (exact) mass is 561 g/mol. The Kier molecular flexibility index (Phi) is 8.21. The summed E-state index contributed by atoms with van der Waals surface area (Å²) in [6, 6.07) is 28.7. The molecule has 2 N–H and O–H groups in total. The van der Waals surface area contributed by atoms with Gasteiger partial charge in [-0.05, 0) is 45.2 Å². The van der Waals surface area contributed by atoms with E-state index in [1.54, 1.807) is 6.21 Å². The molecule has 3 heteroatoms. The molecule has 0 saturated heterocycles. The molecule has 0 unspecified atom stereocenters. The Bertz CT molecular complexity index is 1460. The van der Waals surface area contributed by atoms with Gasteiger partial charge in [0.15, 0.2) is 0 Å². The fourth-order valence-electron chi connectivity index (χ4n) is 5.45. The summed E-state index contributed by atoms with van der Waals surface area (Å²) in [6.45, 7) is 21.6. The highest BCUT2D eigenvalue weighted by atomic mass is 16.3. The van der Waals surface area contributed by atoms with Crippen LogP contribution in [0, 0.1) is 0 Å². The Morgan fingerprint density at radius 3 is 1.33 bits per heavy atom. The minimum absolute atomic E-state index is 0.140. The van der Waals surface area contributed by atoms with E-state index >= 15 is 0 Å². The van der Waals surface area contributed by atoms with Crippen molar-refractivity contribution in [1.82, 2.24) is 0 Å². The maximum Gasteiger partial charge on any atom is 0.145 e.